The van der Waals surface area contributed by atoms with E-state index in [-0.39, 0.29) is 42.5 Å². The fourth-order valence-electron chi connectivity index (χ4n) is 2.71. The third-order valence-corrected chi connectivity index (χ3v) is 4.55. The van der Waals surface area contributed by atoms with Crippen LogP contribution >= 0.6 is 11.6 Å². The molecule has 1 saturated carbocycles. The van der Waals surface area contributed by atoms with Crippen molar-refractivity contribution in [3.05, 3.63) is 39.1 Å². The first kappa shape index (κ1) is 19.3. The van der Waals surface area contributed by atoms with Gasteiger partial charge in [-0.15, -0.1) is 0 Å². The second-order valence-electron chi connectivity index (χ2n) is 6.38. The Morgan fingerprint density at radius 3 is 2.70 bits per heavy atom. The average molecular weight is 395 g/mol. The molecule has 2 N–H and O–H groups in total. The van der Waals surface area contributed by atoms with Crippen molar-refractivity contribution < 1.29 is 24.5 Å². The number of carbonyl (C=O) groups is 2. The van der Waals surface area contributed by atoms with Crippen molar-refractivity contribution in [3.8, 4) is 0 Å². The minimum absolute atomic E-state index is 0.00897. The topological polar surface area (TPSA) is 107 Å². The normalized spacial score (nSPS) is 13.7. The Balaban J connectivity index is 1.84. The van der Waals surface area contributed by atoms with E-state index in [1.165, 1.54) is 19.2 Å². The zero-order valence-electron chi connectivity index (χ0n) is 14.7. The number of aromatic nitrogens is 1. The van der Waals surface area contributed by atoms with Gasteiger partial charge in [-0.3, -0.25) is 9.59 Å². The molecule has 3 rings (SSSR count). The monoisotopic (exact) mass is 394 g/mol. The van der Waals surface area contributed by atoms with Crippen molar-refractivity contribution in [1.82, 2.24) is 4.57 Å². The van der Waals surface area contributed by atoms with Gasteiger partial charge in [0.2, 0.25) is 5.43 Å². The van der Waals surface area contributed by atoms with Gasteiger partial charge in [-0.2, -0.15) is 0 Å². The van der Waals surface area contributed by atoms with Crippen molar-refractivity contribution in [3.63, 3.8) is 0 Å². The van der Waals surface area contributed by atoms with E-state index < -0.39 is 11.4 Å². The number of anilines is 1. The van der Waals surface area contributed by atoms with E-state index in [1.807, 2.05) is 0 Å². The standard InChI is InChI=1S/C18H19ClN2O6/c1-10(22)4-5-26-27-9-20-15-6-12-16(7-14(15)19)21(11-2-3-11)8-13(17(12)23)18(24)25/h6-8,11,20H,2-5,9H2,1H3,(H,24,25). The number of hydrogen-bond donors (Lipinski definition) is 2. The van der Waals surface area contributed by atoms with Crippen LogP contribution in [0.3, 0.4) is 0 Å². The molecule has 0 unspecified atom stereocenters. The highest BCUT2D eigenvalue weighted by atomic mass is 35.5. The number of Topliss-reactive ketones (excluding diaryl/α,β-unsaturated/α-hetero) is 1. The second kappa shape index (κ2) is 8.08. The summed E-state index contributed by atoms with van der Waals surface area (Å²) in [5.41, 5.74) is 0.183. The molecule has 27 heavy (non-hydrogen) atoms. The second-order valence-corrected chi connectivity index (χ2v) is 6.78. The van der Waals surface area contributed by atoms with Crippen molar-refractivity contribution in [2.24, 2.45) is 0 Å². The maximum atomic E-state index is 12.6. The molecule has 2 aromatic rings. The van der Waals surface area contributed by atoms with Gasteiger partial charge >= 0.3 is 5.97 Å². The molecule has 1 aliphatic rings. The molecule has 0 atom stereocenters. The van der Waals surface area contributed by atoms with Crippen LogP contribution in [0.5, 0.6) is 0 Å². The van der Waals surface area contributed by atoms with E-state index in [2.05, 4.69) is 5.32 Å². The molecule has 0 saturated heterocycles. The van der Waals surface area contributed by atoms with E-state index in [0.29, 0.717) is 16.2 Å². The first-order chi connectivity index (χ1) is 12.9. The molecule has 0 amide bonds. The molecular formula is C18H19ClN2O6. The third kappa shape index (κ3) is 4.47. The van der Waals surface area contributed by atoms with E-state index in [1.54, 1.807) is 10.6 Å². The fraction of sp³-hybridized carbons (Fsp3) is 0.389. The van der Waals surface area contributed by atoms with Crippen LogP contribution in [0.2, 0.25) is 5.02 Å². The smallest absolute Gasteiger partial charge is 0.341 e. The summed E-state index contributed by atoms with van der Waals surface area (Å²) in [6.45, 7) is 1.53. The molecule has 1 aliphatic carbocycles. The lowest BCUT2D eigenvalue weighted by molar-refractivity contribution is -0.288. The Labute approximate surface area is 159 Å². The number of rotatable bonds is 9. The summed E-state index contributed by atoms with van der Waals surface area (Å²) >= 11 is 6.30. The number of aromatic carboxylic acids is 1. The van der Waals surface area contributed by atoms with Gasteiger partial charge in [0.15, 0.2) is 6.73 Å². The van der Waals surface area contributed by atoms with E-state index >= 15 is 0 Å². The van der Waals surface area contributed by atoms with Gasteiger partial charge in [-0.1, -0.05) is 11.6 Å². The molecule has 9 heteroatoms. The molecule has 0 spiro atoms. The number of ketones is 1. The van der Waals surface area contributed by atoms with Gasteiger partial charge in [-0.05, 0) is 31.9 Å². The highest BCUT2D eigenvalue weighted by molar-refractivity contribution is 6.34. The molecule has 8 nitrogen and oxygen atoms in total. The lowest BCUT2D eigenvalue weighted by Crippen LogP contribution is -2.19. The lowest BCUT2D eigenvalue weighted by atomic mass is 10.1. The number of fused-ring (bicyclic) bond motifs is 1. The van der Waals surface area contributed by atoms with Crippen molar-refractivity contribution in [2.75, 3.05) is 18.7 Å². The Morgan fingerprint density at radius 1 is 1.33 bits per heavy atom. The maximum absolute atomic E-state index is 12.6. The minimum Gasteiger partial charge on any atom is -0.477 e. The van der Waals surface area contributed by atoms with Crippen LogP contribution in [0.25, 0.3) is 10.9 Å². The van der Waals surface area contributed by atoms with Crippen LogP contribution in [-0.2, 0) is 14.6 Å². The summed E-state index contributed by atoms with van der Waals surface area (Å²) in [5.74, 6) is -1.27. The number of nitrogens with zero attached hydrogens (tertiary/aromatic N) is 1. The molecule has 1 heterocycles. The van der Waals surface area contributed by atoms with E-state index in [0.717, 1.165) is 12.8 Å². The number of hydrogen-bond acceptors (Lipinski definition) is 6. The predicted octanol–water partition coefficient (Wildman–Crippen LogP) is 2.98. The summed E-state index contributed by atoms with van der Waals surface area (Å²) in [6, 6.07) is 3.34. The lowest BCUT2D eigenvalue weighted by Gasteiger charge is -2.14. The molecule has 0 radical (unpaired) electrons. The van der Waals surface area contributed by atoms with E-state index in [9.17, 15) is 19.5 Å². The van der Waals surface area contributed by atoms with Crippen LogP contribution in [0.1, 0.15) is 42.6 Å². The number of nitrogens with one attached hydrogen (secondary N) is 1. The summed E-state index contributed by atoms with van der Waals surface area (Å²) in [6.07, 6.45) is 3.50. The highest BCUT2D eigenvalue weighted by Gasteiger charge is 2.27. The summed E-state index contributed by atoms with van der Waals surface area (Å²) in [7, 11) is 0. The highest BCUT2D eigenvalue weighted by Crippen LogP contribution is 2.38. The Morgan fingerprint density at radius 2 is 2.07 bits per heavy atom. The maximum Gasteiger partial charge on any atom is 0.341 e. The van der Waals surface area contributed by atoms with Crippen LogP contribution < -0.4 is 10.7 Å². The quantitative estimate of drug-likeness (QED) is 0.291. The molecular weight excluding hydrogens is 376 g/mol. The van der Waals surface area contributed by atoms with Gasteiger partial charge in [0.1, 0.15) is 11.3 Å². The first-order valence-electron chi connectivity index (χ1n) is 8.48. The Kier molecular flexibility index (Phi) is 5.79. The van der Waals surface area contributed by atoms with Crippen molar-refractivity contribution >= 4 is 39.9 Å². The molecule has 0 aliphatic heterocycles. The Hall–Kier alpha value is -2.42. The average Bonchev–Trinajstić information content (AvgIpc) is 3.43. The number of carboxylic acid groups (broad SMARTS) is 1. The van der Waals surface area contributed by atoms with Crippen molar-refractivity contribution in [2.45, 2.75) is 32.2 Å². The molecule has 144 valence electrons. The predicted molar refractivity (Wildman–Crippen MR) is 99.3 cm³/mol. The van der Waals surface area contributed by atoms with Gasteiger partial charge < -0.3 is 15.0 Å². The zero-order chi connectivity index (χ0) is 19.6. The number of benzene rings is 1. The van der Waals surface area contributed by atoms with Crippen molar-refractivity contribution in [1.29, 1.82) is 0 Å². The van der Waals surface area contributed by atoms with Crippen LogP contribution in [0.15, 0.2) is 23.1 Å². The number of carbonyl (C=O) groups excluding carboxylic acids is 1. The molecule has 1 aromatic heterocycles. The first-order valence-corrected chi connectivity index (χ1v) is 8.85. The number of pyridine rings is 1. The zero-order valence-corrected chi connectivity index (χ0v) is 15.4. The summed E-state index contributed by atoms with van der Waals surface area (Å²) in [4.78, 5) is 44.6. The number of carboxylic acids is 1. The molecule has 0 bridgehead atoms. The summed E-state index contributed by atoms with van der Waals surface area (Å²) < 4.78 is 1.80. The minimum atomic E-state index is -1.26. The fourth-order valence-corrected chi connectivity index (χ4v) is 2.93. The van der Waals surface area contributed by atoms with Gasteiger partial charge in [-0.25, -0.2) is 14.6 Å². The van der Waals surface area contributed by atoms with Gasteiger partial charge in [0.25, 0.3) is 0 Å². The summed E-state index contributed by atoms with van der Waals surface area (Å²) in [5, 5.41) is 12.8. The van der Waals surface area contributed by atoms with Crippen LogP contribution in [0, 0.1) is 0 Å². The largest absolute Gasteiger partial charge is 0.477 e. The van der Waals surface area contributed by atoms with Crippen LogP contribution in [0.4, 0.5) is 5.69 Å². The Bertz CT molecular complexity index is 951. The van der Waals surface area contributed by atoms with Crippen LogP contribution in [-0.4, -0.2) is 34.8 Å². The third-order valence-electron chi connectivity index (χ3n) is 4.23. The molecule has 1 fully saturated rings. The van der Waals surface area contributed by atoms with Gasteiger partial charge in [0, 0.05) is 24.0 Å². The SMILES string of the molecule is CC(=O)CCOOCNc1cc2c(=O)c(C(=O)O)cn(C3CC3)c2cc1Cl. The van der Waals surface area contributed by atoms with E-state index in [4.69, 9.17) is 21.4 Å². The van der Waals surface area contributed by atoms with Gasteiger partial charge in [0.05, 0.1) is 22.8 Å². The number of halogens is 1. The molecule has 1 aromatic carbocycles.